The second-order valence-electron chi connectivity index (χ2n) is 21.5. The Morgan fingerprint density at radius 2 is 1.30 bits per heavy atom. The van der Waals surface area contributed by atoms with Crippen LogP contribution < -0.4 is 5.32 Å². The zero-order chi connectivity index (χ0) is 57.8. The molecule has 80 heavy (non-hydrogen) atoms. The van der Waals surface area contributed by atoms with E-state index in [2.05, 4.69) is 5.32 Å². The highest BCUT2D eigenvalue weighted by molar-refractivity contribution is 6.27. The van der Waals surface area contributed by atoms with Crippen molar-refractivity contribution in [3.8, 4) is 0 Å². The van der Waals surface area contributed by atoms with E-state index in [1.165, 1.54) is 39.0 Å². The number of carbonyl (C=O) groups excluding carboxylic acids is 9. The van der Waals surface area contributed by atoms with Gasteiger partial charge in [0, 0.05) is 55.7 Å². The number of hydrogen-bond donors (Lipinski definition) is 4. The molecule has 5 aromatic rings. The summed E-state index contributed by atoms with van der Waals surface area (Å²) < 4.78 is 35.5. The van der Waals surface area contributed by atoms with Crippen molar-refractivity contribution >= 4 is 52.9 Å². The van der Waals surface area contributed by atoms with E-state index in [1.54, 1.807) is 117 Å². The number of fused-ring (bicyclic) bond motifs is 7. The minimum absolute atomic E-state index is 0.00289. The fourth-order valence-electron chi connectivity index (χ4n) is 12.2. The molecule has 11 atom stereocenters. The van der Waals surface area contributed by atoms with Crippen molar-refractivity contribution in [1.29, 1.82) is 0 Å². The van der Waals surface area contributed by atoms with Crippen LogP contribution in [0.1, 0.15) is 136 Å². The number of esters is 4. The summed E-state index contributed by atoms with van der Waals surface area (Å²) in [5.74, 6) is -7.79. The summed E-state index contributed by atoms with van der Waals surface area (Å²) >= 11 is 0. The Morgan fingerprint density at radius 3 is 1.86 bits per heavy atom. The number of amides is 1. The van der Waals surface area contributed by atoms with Crippen LogP contribution in [-0.4, -0.2) is 123 Å². The van der Waals surface area contributed by atoms with E-state index in [-0.39, 0.29) is 69.7 Å². The van der Waals surface area contributed by atoms with Gasteiger partial charge in [0.05, 0.1) is 41.2 Å². The van der Waals surface area contributed by atoms with E-state index in [0.717, 1.165) is 13.8 Å². The molecule has 2 bridgehead atoms. The van der Waals surface area contributed by atoms with Crippen molar-refractivity contribution in [2.45, 2.75) is 115 Å². The molecule has 416 valence electrons. The Hall–Kier alpha value is -8.23. The predicted octanol–water partition coefficient (Wildman–Crippen LogP) is 5.99. The first kappa shape index (κ1) is 56.5. The van der Waals surface area contributed by atoms with E-state index in [1.807, 2.05) is 0 Å². The molecule has 2 heterocycles. The van der Waals surface area contributed by atoms with Crippen molar-refractivity contribution in [1.82, 2.24) is 5.32 Å². The maximum Gasteiger partial charge on any atom is 0.338 e. The summed E-state index contributed by atoms with van der Waals surface area (Å²) in [6.07, 6.45) is -10.5. The fourth-order valence-corrected chi connectivity index (χ4v) is 12.2. The van der Waals surface area contributed by atoms with Crippen LogP contribution in [0.2, 0.25) is 0 Å². The summed E-state index contributed by atoms with van der Waals surface area (Å²) in [5.41, 5.74) is -6.18. The highest BCUT2D eigenvalue weighted by Gasteiger charge is 2.78. The second-order valence-corrected chi connectivity index (χ2v) is 21.5. The minimum atomic E-state index is -2.39. The number of aliphatic hydroxyl groups excluding tert-OH is 2. The summed E-state index contributed by atoms with van der Waals surface area (Å²) in [4.78, 5) is 119. The molecule has 0 unspecified atom stereocenters. The van der Waals surface area contributed by atoms with Gasteiger partial charge in [0.15, 0.2) is 46.7 Å². The normalized spacial score (nSPS) is 27.6. The SMILES string of the molecule is CC(=O)O[C@H]1C(=O)[C@@]2(C)[C@H]([C@H](OC(=O)c3ccccc3)[C@]3(O)C[C@H](OC(=O)[C@H](O)[C@@H](NC(=O)c4ccccc4)c4ccccc4)C(C)=C1C3(C)C)[C@]1(OC(C)=O)CO[C@@H]1C[C@@H]2O.CC(=O)c1cc2c(o1)C(=O)c1ccccc1C2=O. The molecule has 4 aromatic carbocycles. The van der Waals surface area contributed by atoms with E-state index in [9.17, 15) is 53.7 Å². The first-order valence-electron chi connectivity index (χ1n) is 25.9. The molecule has 2 saturated carbocycles. The number of carbonyl (C=O) groups is 9. The lowest BCUT2D eigenvalue weighted by Crippen LogP contribution is -2.82. The standard InChI is InChI=1S/C47H51NO14.C14H8O4/c1-25-31(60-43(56)36(52)35(28-16-10-7-11-17-28)48-41(54)29-18-12-8-13-19-29)23-47(57)40(61-42(55)30-20-14-9-15-21-30)38-45(6,32(51)22-33-46(38,24-58-33)62-27(3)50)39(53)37(59-26(2)49)34(25)44(47,4)5;1-7(15)11-6-10-12(16)8-4-2-3-5-9(8)13(17)14(10)18-11/h7-21,31-33,35-38,40,51-52,57H,22-24H2,1-6H3,(H,48,54);2-6H,1H3/t31-,32-,33+,35-,36+,37+,38-,40-,45+,46-,47+;/m0./s1. The highest BCUT2D eigenvalue weighted by atomic mass is 16.6. The fraction of sp³-hybridized carbons (Fsp3) is 0.361. The molecule has 19 nitrogen and oxygen atoms in total. The lowest BCUT2D eigenvalue weighted by atomic mass is 9.44. The number of hydrogen-bond acceptors (Lipinski definition) is 18. The lowest BCUT2D eigenvalue weighted by Gasteiger charge is -2.67. The van der Waals surface area contributed by atoms with Gasteiger partial charge in [-0.3, -0.25) is 33.6 Å². The van der Waals surface area contributed by atoms with Gasteiger partial charge >= 0.3 is 23.9 Å². The number of aliphatic hydroxyl groups is 3. The number of benzene rings is 4. The van der Waals surface area contributed by atoms with Gasteiger partial charge in [-0.2, -0.15) is 0 Å². The zero-order valence-corrected chi connectivity index (χ0v) is 44.8. The van der Waals surface area contributed by atoms with E-state index >= 15 is 4.79 Å². The Morgan fingerprint density at radius 1 is 0.725 bits per heavy atom. The van der Waals surface area contributed by atoms with Crippen LogP contribution in [0.5, 0.6) is 0 Å². The number of Topliss-reactive ketones (excluding diaryl/α,β-unsaturated/α-hetero) is 2. The van der Waals surface area contributed by atoms with Crippen LogP contribution in [0.25, 0.3) is 0 Å². The van der Waals surface area contributed by atoms with Gasteiger partial charge < -0.3 is 48.7 Å². The highest BCUT2D eigenvalue weighted by Crippen LogP contribution is 2.64. The number of ketones is 4. The average Bonchev–Trinajstić information content (AvgIpc) is 4.05. The lowest BCUT2D eigenvalue weighted by molar-refractivity contribution is -0.346. The zero-order valence-electron chi connectivity index (χ0n) is 44.8. The minimum Gasteiger partial charge on any atom is -0.456 e. The van der Waals surface area contributed by atoms with Gasteiger partial charge in [0.2, 0.25) is 5.78 Å². The summed E-state index contributed by atoms with van der Waals surface area (Å²) in [5, 5.41) is 40.2. The number of furan rings is 1. The molecule has 1 aliphatic heterocycles. The molecule has 1 saturated heterocycles. The van der Waals surface area contributed by atoms with Crippen molar-refractivity contribution in [2.24, 2.45) is 16.7 Å². The molecule has 4 N–H and O–H groups in total. The molecule has 1 amide bonds. The summed E-state index contributed by atoms with van der Waals surface area (Å²) in [7, 11) is 0. The smallest absolute Gasteiger partial charge is 0.338 e. The third-order valence-electron chi connectivity index (χ3n) is 16.4. The number of nitrogens with one attached hydrogen (secondary N) is 1. The third-order valence-corrected chi connectivity index (χ3v) is 16.4. The van der Waals surface area contributed by atoms with Crippen LogP contribution in [0.3, 0.4) is 0 Å². The Kier molecular flexibility index (Phi) is 15.1. The Bertz CT molecular complexity index is 3310. The van der Waals surface area contributed by atoms with Crippen molar-refractivity contribution in [2.75, 3.05) is 6.61 Å². The monoisotopic (exact) mass is 1090 g/mol. The van der Waals surface area contributed by atoms with Crippen molar-refractivity contribution < 1.29 is 86.6 Å². The Labute approximate surface area is 459 Å². The van der Waals surface area contributed by atoms with Crippen molar-refractivity contribution in [3.63, 3.8) is 0 Å². The number of rotatable bonds is 11. The van der Waals surface area contributed by atoms with Crippen LogP contribution in [0, 0.1) is 16.7 Å². The van der Waals surface area contributed by atoms with Gasteiger partial charge in [-0.05, 0) is 60.9 Å². The molecular weight excluding hydrogens is 1030 g/mol. The van der Waals surface area contributed by atoms with E-state index in [0.29, 0.717) is 16.7 Å². The molecule has 1 aromatic heterocycles. The second kappa shape index (κ2) is 21.4. The van der Waals surface area contributed by atoms with Crippen molar-refractivity contribution in [3.05, 3.63) is 177 Å². The predicted molar refractivity (Wildman–Crippen MR) is 280 cm³/mol. The van der Waals surface area contributed by atoms with Crippen LogP contribution in [0.4, 0.5) is 0 Å². The molecule has 0 spiro atoms. The van der Waals surface area contributed by atoms with Gasteiger partial charge in [-0.25, -0.2) is 9.59 Å². The first-order chi connectivity index (χ1) is 37.9. The molecule has 5 aliphatic rings. The maximum absolute atomic E-state index is 15.5. The summed E-state index contributed by atoms with van der Waals surface area (Å²) in [6, 6.07) is 30.8. The maximum atomic E-state index is 15.5. The quantitative estimate of drug-likeness (QED) is 0.0501. The molecule has 19 heteroatoms. The first-order valence-corrected chi connectivity index (χ1v) is 25.9. The average molecular weight is 1090 g/mol. The molecule has 10 rings (SSSR count). The van der Waals surface area contributed by atoms with Gasteiger partial charge in [0.1, 0.15) is 23.9 Å². The van der Waals surface area contributed by atoms with E-state index < -0.39 is 113 Å². The molecular formula is C61H59NO18. The van der Waals surface area contributed by atoms with Gasteiger partial charge in [-0.1, -0.05) is 105 Å². The third kappa shape index (κ3) is 9.56. The van der Waals surface area contributed by atoms with Gasteiger partial charge in [0.25, 0.3) is 5.91 Å². The summed E-state index contributed by atoms with van der Waals surface area (Å²) in [6.45, 7) is 9.30. The van der Waals surface area contributed by atoms with Crippen LogP contribution >= 0.6 is 0 Å². The van der Waals surface area contributed by atoms with E-state index in [4.69, 9.17) is 28.1 Å². The topological polar surface area (TPSA) is 286 Å². The number of ether oxygens (including phenoxy) is 5. The van der Waals surface area contributed by atoms with Gasteiger partial charge in [-0.15, -0.1) is 0 Å². The van der Waals surface area contributed by atoms with Crippen LogP contribution in [0.15, 0.2) is 137 Å². The largest absolute Gasteiger partial charge is 0.456 e. The molecule has 4 aliphatic carbocycles. The molecule has 0 radical (unpaired) electrons. The molecule has 3 fully saturated rings. The Balaban J connectivity index is 0.000000361. The van der Waals surface area contributed by atoms with Crippen LogP contribution in [-0.2, 0) is 42.9 Å².